The summed E-state index contributed by atoms with van der Waals surface area (Å²) in [7, 11) is 1.83. The molecule has 7 atom stereocenters. The molecule has 53 heavy (non-hydrogen) atoms. The molecule has 2 heterocycles. The summed E-state index contributed by atoms with van der Waals surface area (Å²) in [5, 5.41) is 108. The number of aryl methyl sites for hydroxylation is 1. The number of hydroxylamine groups is 1. The zero-order valence-corrected chi connectivity index (χ0v) is 31.9. The van der Waals surface area contributed by atoms with Crippen molar-refractivity contribution in [1.82, 2.24) is 25.7 Å². The van der Waals surface area contributed by atoms with Crippen LogP contribution in [0, 0.1) is 11.8 Å². The van der Waals surface area contributed by atoms with Crippen molar-refractivity contribution in [1.29, 1.82) is 0 Å². The molecule has 1 aliphatic carbocycles. The Bertz CT molecular complexity index is 1370. The molecular weight excluding hydrogens is 704 g/mol. The van der Waals surface area contributed by atoms with Gasteiger partial charge < -0.3 is 51.1 Å². The predicted octanol–water partition coefficient (Wildman–Crippen LogP) is -0.612. The molecule has 3 aliphatic rings. The van der Waals surface area contributed by atoms with Crippen molar-refractivity contribution in [2.75, 3.05) is 7.05 Å². The molecule has 16 nitrogen and oxygen atoms in total. The molecular formula is C35H61F2N5O11. The summed E-state index contributed by atoms with van der Waals surface area (Å²) in [4.78, 5) is 9.60. The van der Waals surface area contributed by atoms with Crippen LogP contribution < -0.4 is 10.9 Å². The maximum Gasteiger partial charge on any atom is 0.363 e. The Kier molecular flexibility index (Phi) is 13.3. The third-order valence-electron chi connectivity index (χ3n) is 10.9. The fourth-order valence-electron chi connectivity index (χ4n) is 8.25. The standard InChI is InChI=1S/C33H55F2N5O11.C2H6/c1-18-16-24(17-19(2)39-22(5)36-38(8)26(39)27(6,7)41)40(21(18)4)28(42,15-14-23-12-10-9-11-13-23)51-37-20(3)25-29(43,44)32(47,48)31(34,35)33(49,50)30(25,45)46;1-2/h9-13,18-19,21-22,24-26,36-37,41-50H,3,14-17H2,1-2,4-8H3;1-2H3. The first-order valence-electron chi connectivity index (χ1n) is 17.9. The zero-order chi connectivity index (χ0) is 40.9. The number of nitrogens with zero attached hydrogens (tertiary/aromatic N) is 3. The summed E-state index contributed by atoms with van der Waals surface area (Å²) in [6.07, 6.45) is 0.468. The number of hydrogen-bond donors (Lipinski definition) is 12. The Morgan fingerprint density at radius 1 is 0.981 bits per heavy atom. The van der Waals surface area contributed by atoms with Crippen LogP contribution in [0.25, 0.3) is 0 Å². The van der Waals surface area contributed by atoms with Crippen LogP contribution >= 0.6 is 0 Å². The number of likely N-dealkylation sites (tertiary alicyclic amines) is 1. The van der Waals surface area contributed by atoms with Crippen LogP contribution in [0.15, 0.2) is 42.6 Å². The van der Waals surface area contributed by atoms with E-state index >= 15 is 0 Å². The van der Waals surface area contributed by atoms with E-state index in [2.05, 4.69) is 16.9 Å². The molecule has 0 bridgehead atoms. The fourth-order valence-corrected chi connectivity index (χ4v) is 8.25. The van der Waals surface area contributed by atoms with E-state index in [4.69, 9.17) is 4.84 Å². The van der Waals surface area contributed by atoms with Gasteiger partial charge in [0.25, 0.3) is 17.5 Å². The lowest BCUT2D eigenvalue weighted by Gasteiger charge is -2.58. The number of hydrazine groups is 1. The van der Waals surface area contributed by atoms with E-state index < -0.39 is 64.4 Å². The van der Waals surface area contributed by atoms with Gasteiger partial charge in [0.15, 0.2) is 0 Å². The van der Waals surface area contributed by atoms with Gasteiger partial charge in [0, 0.05) is 37.3 Å². The predicted molar refractivity (Wildman–Crippen MR) is 187 cm³/mol. The third kappa shape index (κ3) is 7.75. The smallest absolute Gasteiger partial charge is 0.363 e. The van der Waals surface area contributed by atoms with Gasteiger partial charge in [0.1, 0.15) is 12.1 Å². The monoisotopic (exact) mass is 765 g/mol. The molecule has 0 spiro atoms. The number of aliphatic hydroxyl groups is 10. The number of hydrogen-bond acceptors (Lipinski definition) is 16. The van der Waals surface area contributed by atoms with Crippen LogP contribution in [-0.2, 0) is 11.3 Å². The second-order valence-corrected chi connectivity index (χ2v) is 15.3. The van der Waals surface area contributed by atoms with Crippen molar-refractivity contribution in [3.8, 4) is 0 Å². The number of likely N-dealkylation sites (N-methyl/N-ethyl adjacent to an activating group) is 1. The van der Waals surface area contributed by atoms with Gasteiger partial charge in [-0.2, -0.15) is 8.78 Å². The largest absolute Gasteiger partial charge is 0.387 e. The molecule has 18 heteroatoms. The fraction of sp³-hybridized carbons (Fsp3) is 0.771. The molecule has 1 aromatic carbocycles. The Morgan fingerprint density at radius 2 is 1.49 bits per heavy atom. The second-order valence-electron chi connectivity index (χ2n) is 15.3. The van der Waals surface area contributed by atoms with Gasteiger partial charge in [-0.1, -0.05) is 57.7 Å². The lowest BCUT2D eigenvalue weighted by Crippen LogP contribution is -2.87. The molecule has 4 rings (SSSR count). The molecule has 12 N–H and O–H groups in total. The molecule has 0 amide bonds. The highest BCUT2D eigenvalue weighted by Crippen LogP contribution is 2.57. The van der Waals surface area contributed by atoms with E-state index in [1.54, 1.807) is 36.9 Å². The molecule has 1 aromatic rings. The molecule has 306 valence electrons. The van der Waals surface area contributed by atoms with Crippen molar-refractivity contribution < 1.29 is 64.7 Å². The van der Waals surface area contributed by atoms with Crippen LogP contribution in [-0.4, -0.2) is 144 Å². The number of halogens is 2. The molecule has 7 unspecified atom stereocenters. The zero-order valence-electron chi connectivity index (χ0n) is 31.9. The maximum atomic E-state index is 14.7. The van der Waals surface area contributed by atoms with Gasteiger partial charge in [-0.15, -0.1) is 0 Å². The number of nitrogens with one attached hydrogen (secondary N) is 2. The van der Waals surface area contributed by atoms with Gasteiger partial charge in [-0.25, -0.2) is 20.2 Å². The van der Waals surface area contributed by atoms with E-state index in [9.17, 15) is 59.8 Å². The second kappa shape index (κ2) is 15.5. The van der Waals surface area contributed by atoms with Gasteiger partial charge in [0.2, 0.25) is 11.6 Å². The normalized spacial score (nSPS) is 31.7. The van der Waals surface area contributed by atoms with Crippen LogP contribution in [0.1, 0.15) is 80.2 Å². The number of alkyl halides is 2. The van der Waals surface area contributed by atoms with Gasteiger partial charge in [0.05, 0.1) is 11.8 Å². The van der Waals surface area contributed by atoms with Gasteiger partial charge >= 0.3 is 5.92 Å². The van der Waals surface area contributed by atoms with Crippen molar-refractivity contribution in [2.45, 2.75) is 152 Å². The highest BCUT2D eigenvalue weighted by atomic mass is 19.3. The topological polar surface area (TPSA) is 245 Å². The van der Waals surface area contributed by atoms with Crippen molar-refractivity contribution in [3.63, 3.8) is 0 Å². The number of benzene rings is 1. The van der Waals surface area contributed by atoms with E-state index in [1.807, 2.05) is 71.2 Å². The first-order chi connectivity index (χ1) is 24.1. The first kappa shape index (κ1) is 45.4. The SMILES string of the molecule is C=C(NOC(O)(CCc1ccccc1)N1C(CC(C)N2C(C)NN(C)C2C(C)(C)O)CC(C)C1C)C1C(O)(O)C(O)(O)C(F)(F)C(O)(O)C1(O)O.CC. The van der Waals surface area contributed by atoms with E-state index in [-0.39, 0.29) is 37.0 Å². The third-order valence-corrected chi connectivity index (χ3v) is 10.9. The van der Waals surface area contributed by atoms with E-state index in [0.717, 1.165) is 5.56 Å². The van der Waals surface area contributed by atoms with Crippen LogP contribution in [0.5, 0.6) is 0 Å². The molecule has 0 radical (unpaired) electrons. The lowest BCUT2D eigenvalue weighted by molar-refractivity contribution is -0.562. The minimum Gasteiger partial charge on any atom is -0.387 e. The van der Waals surface area contributed by atoms with Crippen LogP contribution in [0.4, 0.5) is 8.78 Å². The summed E-state index contributed by atoms with van der Waals surface area (Å²) < 4.78 is 29.4. The minimum atomic E-state index is -5.74. The Hall–Kier alpha value is -1.98. The lowest BCUT2D eigenvalue weighted by atomic mass is 9.67. The van der Waals surface area contributed by atoms with E-state index in [1.165, 1.54) is 0 Å². The Morgan fingerprint density at radius 3 is 1.98 bits per heavy atom. The van der Waals surface area contributed by atoms with Crippen molar-refractivity contribution >= 4 is 0 Å². The molecule has 0 aromatic heterocycles. The maximum absolute atomic E-state index is 14.7. The molecule has 1 saturated carbocycles. The summed E-state index contributed by atoms with van der Waals surface area (Å²) in [6.45, 7) is 18.5. The van der Waals surface area contributed by atoms with Crippen LogP contribution in [0.2, 0.25) is 0 Å². The molecule has 2 saturated heterocycles. The molecule has 2 aliphatic heterocycles. The average Bonchev–Trinajstić information content (AvgIpc) is 3.52. The first-order valence-corrected chi connectivity index (χ1v) is 17.9. The summed E-state index contributed by atoms with van der Waals surface area (Å²) in [6, 6.07) is 8.03. The minimum absolute atomic E-state index is 0.0152. The number of rotatable bonds is 12. The highest BCUT2D eigenvalue weighted by molar-refractivity contribution is 5.24. The van der Waals surface area contributed by atoms with Gasteiger partial charge in [-0.05, 0) is 65.4 Å². The highest BCUT2D eigenvalue weighted by Gasteiger charge is 2.88. The molecule has 3 fully saturated rings. The van der Waals surface area contributed by atoms with Crippen molar-refractivity contribution in [3.05, 3.63) is 48.2 Å². The van der Waals surface area contributed by atoms with Crippen LogP contribution in [0.3, 0.4) is 0 Å². The Labute approximate surface area is 309 Å². The summed E-state index contributed by atoms with van der Waals surface area (Å²) in [5.74, 6) is -30.6. The Balaban J connectivity index is 0.00000372. The quantitative estimate of drug-likeness (QED) is 0.0938. The summed E-state index contributed by atoms with van der Waals surface area (Å²) >= 11 is 0. The van der Waals surface area contributed by atoms with E-state index in [0.29, 0.717) is 12.8 Å². The average molecular weight is 766 g/mol. The summed E-state index contributed by atoms with van der Waals surface area (Å²) in [5.41, 5.74) is 3.86. The van der Waals surface area contributed by atoms with Crippen molar-refractivity contribution in [2.24, 2.45) is 11.8 Å². The van der Waals surface area contributed by atoms with Gasteiger partial charge in [-0.3, -0.25) is 10.4 Å².